The lowest BCUT2D eigenvalue weighted by Gasteiger charge is -2.32. The third-order valence-corrected chi connectivity index (χ3v) is 6.45. The number of carbonyl (C=O) groups excluding carboxylic acids is 1. The summed E-state index contributed by atoms with van der Waals surface area (Å²) in [6.45, 7) is 2.15. The molecule has 152 valence electrons. The zero-order valence-electron chi connectivity index (χ0n) is 17.0. The summed E-state index contributed by atoms with van der Waals surface area (Å²) in [5, 5.41) is 12.4. The van der Waals surface area contributed by atoms with Crippen molar-refractivity contribution in [3.63, 3.8) is 0 Å². The van der Waals surface area contributed by atoms with Crippen molar-refractivity contribution in [1.82, 2.24) is 5.32 Å². The Morgan fingerprint density at radius 3 is 2.24 bits per heavy atom. The molecule has 1 fully saturated rings. The van der Waals surface area contributed by atoms with E-state index in [1.165, 1.54) is 10.5 Å². The summed E-state index contributed by atoms with van der Waals surface area (Å²) >= 11 is 1.83. The number of hydrogen-bond donors (Lipinski definition) is 2. The molecule has 0 aliphatic heterocycles. The van der Waals surface area contributed by atoms with Crippen molar-refractivity contribution in [1.29, 1.82) is 5.26 Å². The summed E-state index contributed by atoms with van der Waals surface area (Å²) in [6.07, 6.45) is 4.94. The third kappa shape index (κ3) is 5.62. The van der Waals surface area contributed by atoms with Crippen molar-refractivity contribution < 1.29 is 4.79 Å². The molecule has 0 spiro atoms. The smallest absolute Gasteiger partial charge is 0.241 e. The normalized spacial score (nSPS) is 16.6. The van der Waals surface area contributed by atoms with Crippen molar-refractivity contribution in [2.45, 2.75) is 61.9 Å². The fraction of sp³-hybridized carbons (Fsp3) is 0.417. The quantitative estimate of drug-likeness (QED) is 0.653. The molecule has 0 bridgehead atoms. The number of benzene rings is 2. The first-order valence-electron chi connectivity index (χ1n) is 10.4. The summed E-state index contributed by atoms with van der Waals surface area (Å²) in [7, 11) is 0. The number of nitrogens with zero attached hydrogens (tertiary/aromatic N) is 1. The van der Waals surface area contributed by atoms with Crippen LogP contribution in [0.1, 0.15) is 44.6 Å². The highest BCUT2D eigenvalue weighted by atomic mass is 32.2. The topological polar surface area (TPSA) is 78.9 Å². The van der Waals surface area contributed by atoms with Gasteiger partial charge < -0.3 is 11.1 Å². The average molecular weight is 408 g/mol. The van der Waals surface area contributed by atoms with E-state index in [-0.39, 0.29) is 5.91 Å². The molecule has 3 rings (SSSR count). The Balaban J connectivity index is 1.61. The first-order valence-corrected chi connectivity index (χ1v) is 11.3. The first kappa shape index (κ1) is 21.4. The van der Waals surface area contributed by atoms with Crippen LogP contribution in [-0.2, 0) is 11.2 Å². The zero-order chi connectivity index (χ0) is 20.7. The van der Waals surface area contributed by atoms with Crippen LogP contribution < -0.4 is 11.1 Å². The van der Waals surface area contributed by atoms with Crippen LogP contribution in [0, 0.1) is 11.3 Å². The fourth-order valence-electron chi connectivity index (χ4n) is 3.82. The molecule has 0 aromatic heterocycles. The molecule has 2 aromatic carbocycles. The van der Waals surface area contributed by atoms with Gasteiger partial charge in [-0.15, -0.1) is 11.8 Å². The highest BCUT2D eigenvalue weighted by Gasteiger charge is 2.36. The maximum atomic E-state index is 12.6. The van der Waals surface area contributed by atoms with Crippen molar-refractivity contribution in [2.75, 3.05) is 5.75 Å². The Morgan fingerprint density at radius 1 is 1.10 bits per heavy atom. The van der Waals surface area contributed by atoms with Crippen LogP contribution in [0.4, 0.5) is 0 Å². The average Bonchev–Trinajstić information content (AvgIpc) is 2.75. The van der Waals surface area contributed by atoms with Gasteiger partial charge in [-0.3, -0.25) is 4.79 Å². The maximum absolute atomic E-state index is 12.6. The Bertz CT molecular complexity index is 849. The molecule has 0 heterocycles. The summed E-state index contributed by atoms with van der Waals surface area (Å²) in [6, 6.07) is 18.4. The molecule has 0 unspecified atom stereocenters. The minimum atomic E-state index is -0.820. The van der Waals surface area contributed by atoms with E-state index in [1.54, 1.807) is 0 Å². The monoisotopic (exact) mass is 407 g/mol. The van der Waals surface area contributed by atoms with E-state index in [0.29, 0.717) is 19.3 Å². The molecule has 1 amide bonds. The molecule has 5 heteroatoms. The number of amides is 1. The second-order valence-electron chi connectivity index (χ2n) is 7.73. The second kappa shape index (κ2) is 9.96. The lowest BCUT2D eigenvalue weighted by atomic mass is 9.81. The molecule has 29 heavy (non-hydrogen) atoms. The SMILES string of the molecule is CCSc1ccc(-c2ccc(C[C@@H](C#N)NC(=O)C3(N)CCCCC3)cc2)cc1. The molecular formula is C24H29N3OS. The van der Waals surface area contributed by atoms with Gasteiger partial charge in [0.05, 0.1) is 11.6 Å². The van der Waals surface area contributed by atoms with Gasteiger partial charge in [0.1, 0.15) is 6.04 Å². The predicted octanol–water partition coefficient (Wildman–Crippen LogP) is 4.68. The largest absolute Gasteiger partial charge is 0.338 e. The predicted molar refractivity (Wildman–Crippen MR) is 120 cm³/mol. The second-order valence-corrected chi connectivity index (χ2v) is 9.07. The van der Waals surface area contributed by atoms with Gasteiger partial charge in [-0.1, -0.05) is 62.6 Å². The number of thioether (sulfide) groups is 1. The molecule has 0 saturated heterocycles. The maximum Gasteiger partial charge on any atom is 0.241 e. The van der Waals surface area contributed by atoms with E-state index >= 15 is 0 Å². The third-order valence-electron chi connectivity index (χ3n) is 5.55. The van der Waals surface area contributed by atoms with Gasteiger partial charge in [-0.05, 0) is 47.4 Å². The molecule has 1 aliphatic rings. The summed E-state index contributed by atoms with van der Waals surface area (Å²) in [5.41, 5.74) is 8.80. The number of carbonyl (C=O) groups is 1. The molecule has 3 N–H and O–H groups in total. The molecule has 2 aromatic rings. The summed E-state index contributed by atoms with van der Waals surface area (Å²) in [4.78, 5) is 13.9. The first-order chi connectivity index (χ1) is 14.0. The molecule has 0 radical (unpaired) electrons. The van der Waals surface area contributed by atoms with E-state index in [9.17, 15) is 10.1 Å². The van der Waals surface area contributed by atoms with Crippen LogP contribution in [0.15, 0.2) is 53.4 Å². The van der Waals surface area contributed by atoms with Gasteiger partial charge in [-0.25, -0.2) is 0 Å². The van der Waals surface area contributed by atoms with Crippen LogP contribution in [0.3, 0.4) is 0 Å². The number of rotatable bonds is 7. The Hall–Kier alpha value is -2.29. The minimum Gasteiger partial charge on any atom is -0.338 e. The number of nitrogens with one attached hydrogen (secondary N) is 1. The Kier molecular flexibility index (Phi) is 7.35. The minimum absolute atomic E-state index is 0.189. The van der Waals surface area contributed by atoms with E-state index in [4.69, 9.17) is 5.73 Å². The van der Waals surface area contributed by atoms with Gasteiger partial charge in [0.25, 0.3) is 0 Å². The fourth-order valence-corrected chi connectivity index (χ4v) is 4.48. The number of hydrogen-bond acceptors (Lipinski definition) is 4. The van der Waals surface area contributed by atoms with Crippen LogP contribution in [0.5, 0.6) is 0 Å². The summed E-state index contributed by atoms with van der Waals surface area (Å²) < 4.78 is 0. The van der Waals surface area contributed by atoms with Gasteiger partial charge >= 0.3 is 0 Å². The van der Waals surface area contributed by atoms with Gasteiger partial charge in [0.15, 0.2) is 0 Å². The summed E-state index contributed by atoms with van der Waals surface area (Å²) in [5.74, 6) is 0.876. The highest BCUT2D eigenvalue weighted by molar-refractivity contribution is 7.99. The van der Waals surface area contributed by atoms with E-state index < -0.39 is 11.6 Å². The van der Waals surface area contributed by atoms with Crippen LogP contribution in [0.2, 0.25) is 0 Å². The van der Waals surface area contributed by atoms with E-state index in [1.807, 2.05) is 23.9 Å². The van der Waals surface area contributed by atoms with Crippen molar-refractivity contribution in [3.8, 4) is 17.2 Å². The van der Waals surface area contributed by atoms with Crippen LogP contribution >= 0.6 is 11.8 Å². The number of nitrogens with two attached hydrogens (primary N) is 1. The lowest BCUT2D eigenvalue weighted by Crippen LogP contribution is -2.57. The standard InChI is InChI=1S/C24H29N3OS/c1-2-29-22-12-10-20(11-13-22)19-8-6-18(7-9-19)16-21(17-25)27-23(28)24(26)14-4-3-5-15-24/h6-13,21H,2-5,14-16,26H2,1H3,(H,27,28)/t21-/m0/s1. The zero-order valence-corrected chi connectivity index (χ0v) is 17.8. The van der Waals surface area contributed by atoms with E-state index in [2.05, 4.69) is 54.7 Å². The van der Waals surface area contributed by atoms with Gasteiger partial charge in [0.2, 0.25) is 5.91 Å². The number of nitriles is 1. The van der Waals surface area contributed by atoms with Crippen molar-refractivity contribution in [3.05, 3.63) is 54.1 Å². The molecular weight excluding hydrogens is 378 g/mol. The van der Waals surface area contributed by atoms with E-state index in [0.717, 1.165) is 36.1 Å². The van der Waals surface area contributed by atoms with Crippen molar-refractivity contribution >= 4 is 17.7 Å². The van der Waals surface area contributed by atoms with Crippen LogP contribution in [-0.4, -0.2) is 23.2 Å². The Labute approximate surface area is 177 Å². The molecule has 1 atom stereocenters. The molecule has 1 aliphatic carbocycles. The molecule has 4 nitrogen and oxygen atoms in total. The van der Waals surface area contributed by atoms with Crippen molar-refractivity contribution in [2.24, 2.45) is 5.73 Å². The van der Waals surface area contributed by atoms with Gasteiger partial charge in [-0.2, -0.15) is 5.26 Å². The van der Waals surface area contributed by atoms with Gasteiger partial charge in [0, 0.05) is 11.3 Å². The lowest BCUT2D eigenvalue weighted by molar-refractivity contribution is -0.127. The molecule has 1 saturated carbocycles. The highest BCUT2D eigenvalue weighted by Crippen LogP contribution is 2.27. The van der Waals surface area contributed by atoms with Crippen LogP contribution in [0.25, 0.3) is 11.1 Å². The Morgan fingerprint density at radius 2 is 1.69 bits per heavy atom.